The van der Waals surface area contributed by atoms with E-state index in [0.717, 1.165) is 52.9 Å². The molecule has 3 aromatic rings. The van der Waals surface area contributed by atoms with Crippen LogP contribution in [0.3, 0.4) is 0 Å². The third-order valence-corrected chi connectivity index (χ3v) is 5.56. The summed E-state index contributed by atoms with van der Waals surface area (Å²) in [6.07, 6.45) is 3.15. The van der Waals surface area contributed by atoms with Crippen molar-refractivity contribution in [2.75, 3.05) is 6.61 Å². The van der Waals surface area contributed by atoms with Crippen molar-refractivity contribution >= 4 is 27.9 Å². The van der Waals surface area contributed by atoms with E-state index in [1.54, 1.807) is 0 Å². The summed E-state index contributed by atoms with van der Waals surface area (Å²) in [5, 5.41) is 9.44. The largest absolute Gasteiger partial charge is 0.394 e. The number of nitrogens with two attached hydrogens (primary N) is 1. The first-order valence-corrected chi connectivity index (χ1v) is 10.2. The highest BCUT2D eigenvalue weighted by Gasteiger charge is 2.23. The molecule has 0 aliphatic carbocycles. The molecule has 5 rings (SSSR count). The number of Topliss-reactive ketones (excluding diaryl/α,β-unsaturated/α-hetero) is 1. The highest BCUT2D eigenvalue weighted by molar-refractivity contribution is 6.06. The molecule has 2 aliphatic rings. The summed E-state index contributed by atoms with van der Waals surface area (Å²) in [6, 6.07) is 13.0. The van der Waals surface area contributed by atoms with Crippen molar-refractivity contribution in [1.82, 2.24) is 19.9 Å². The number of nitrogens with zero attached hydrogens (tertiary/aromatic N) is 2. The summed E-state index contributed by atoms with van der Waals surface area (Å²) in [5.41, 5.74) is 13.5. The highest BCUT2D eigenvalue weighted by Crippen LogP contribution is 2.21. The molecule has 30 heavy (non-hydrogen) atoms. The molecule has 2 aliphatic heterocycles. The molecule has 8 bridgehead atoms. The van der Waals surface area contributed by atoms with Gasteiger partial charge >= 0.3 is 0 Å². The Morgan fingerprint density at radius 3 is 2.13 bits per heavy atom. The average Bonchev–Trinajstić information content (AvgIpc) is 3.52. The fourth-order valence-electron chi connectivity index (χ4n) is 4.06. The second-order valence-corrected chi connectivity index (χ2v) is 7.80. The molecule has 1 atom stereocenters. The van der Waals surface area contributed by atoms with Crippen LogP contribution in [0.5, 0.6) is 0 Å². The molecule has 0 spiro atoms. The quantitative estimate of drug-likeness (QED) is 0.502. The van der Waals surface area contributed by atoms with Gasteiger partial charge < -0.3 is 20.8 Å². The van der Waals surface area contributed by atoms with E-state index < -0.39 is 12.6 Å². The second kappa shape index (κ2) is 7.51. The Bertz CT molecular complexity index is 1290. The zero-order chi connectivity index (χ0) is 20.7. The van der Waals surface area contributed by atoms with Crippen LogP contribution in [-0.2, 0) is 25.7 Å². The summed E-state index contributed by atoms with van der Waals surface area (Å²) in [6.45, 7) is -0.408. The number of aromatic nitrogens is 4. The van der Waals surface area contributed by atoms with Crippen LogP contribution >= 0.6 is 0 Å². The van der Waals surface area contributed by atoms with Gasteiger partial charge in [-0.3, -0.25) is 14.8 Å². The van der Waals surface area contributed by atoms with Crippen LogP contribution in [0.2, 0.25) is 0 Å². The van der Waals surface area contributed by atoms with Crippen molar-refractivity contribution in [2.24, 2.45) is 5.73 Å². The normalized spacial score (nSPS) is 14.6. The third-order valence-electron chi connectivity index (χ3n) is 5.56. The topological polar surface area (TPSA) is 121 Å². The van der Waals surface area contributed by atoms with E-state index >= 15 is 0 Å². The van der Waals surface area contributed by atoms with Crippen LogP contribution in [0, 0.1) is 0 Å². The first kappa shape index (κ1) is 18.7. The summed E-state index contributed by atoms with van der Waals surface area (Å²) in [4.78, 5) is 29.2. The first-order valence-electron chi connectivity index (χ1n) is 10.2. The number of hydrogen-bond donors (Lipinski definition) is 4. The van der Waals surface area contributed by atoms with Gasteiger partial charge in [-0.05, 0) is 68.1 Å². The van der Waals surface area contributed by atoms with Gasteiger partial charge in [0.2, 0.25) is 0 Å². The minimum atomic E-state index is -0.977. The maximum atomic E-state index is 13.0. The lowest BCUT2D eigenvalue weighted by molar-refractivity contribution is 0.0925. The molecule has 5 N–H and O–H groups in total. The predicted octanol–water partition coefficient (Wildman–Crippen LogP) is 2.39. The molecule has 5 heterocycles. The van der Waals surface area contributed by atoms with E-state index in [1.165, 1.54) is 0 Å². The Hall–Kier alpha value is -3.29. The van der Waals surface area contributed by atoms with E-state index in [0.29, 0.717) is 23.2 Å². The number of ketones is 1. The Kier molecular flexibility index (Phi) is 4.69. The standard InChI is InChI=1S/C23H23N5O2/c24-19(12-29)23(30)22-20-7-5-17(27-20)10-15-3-1-13(25-15)9-14-2-4-16(26-14)11-18-6-8-21(22)28-18/h1,3,6,8-11,19,25,28-29H,2,4-5,7,12,24H2/t19-/m0/s1. The number of aliphatic hydroxyl groups is 1. The van der Waals surface area contributed by atoms with Crippen molar-refractivity contribution in [3.63, 3.8) is 0 Å². The lowest BCUT2D eigenvalue weighted by atomic mass is 10.0. The number of rotatable bonds is 3. The van der Waals surface area contributed by atoms with Crippen molar-refractivity contribution < 1.29 is 9.90 Å². The monoisotopic (exact) mass is 401 g/mol. The number of aliphatic hydroxyl groups excluding tert-OH is 1. The maximum Gasteiger partial charge on any atom is 0.185 e. The molecule has 0 unspecified atom stereocenters. The van der Waals surface area contributed by atoms with Gasteiger partial charge in [-0.15, -0.1) is 0 Å². The minimum absolute atomic E-state index is 0.308. The lowest BCUT2D eigenvalue weighted by Crippen LogP contribution is -2.34. The fourth-order valence-corrected chi connectivity index (χ4v) is 4.06. The number of aromatic amines is 2. The van der Waals surface area contributed by atoms with Gasteiger partial charge in [0.1, 0.15) is 0 Å². The van der Waals surface area contributed by atoms with E-state index in [1.807, 2.05) is 36.4 Å². The lowest BCUT2D eigenvalue weighted by Gasteiger charge is -2.08. The summed E-state index contributed by atoms with van der Waals surface area (Å²) >= 11 is 0. The predicted molar refractivity (Wildman–Crippen MR) is 115 cm³/mol. The third kappa shape index (κ3) is 3.53. The van der Waals surface area contributed by atoms with E-state index in [4.69, 9.17) is 15.7 Å². The SMILES string of the molecule is N[C@@H](CO)C(=O)c1c2nc(cc3ccc(cc4nc(cc5ccc1[nH]5)CC4)[nH]3)CC2. The molecule has 7 heteroatoms. The Morgan fingerprint density at radius 2 is 1.47 bits per heavy atom. The molecule has 3 aromatic heterocycles. The number of fused-ring (bicyclic) bond motifs is 8. The molecule has 7 nitrogen and oxygen atoms in total. The van der Waals surface area contributed by atoms with E-state index in [2.05, 4.69) is 16.0 Å². The molecular formula is C23H23N5O2. The van der Waals surface area contributed by atoms with Crippen molar-refractivity contribution in [3.05, 3.63) is 70.8 Å². The van der Waals surface area contributed by atoms with Crippen LogP contribution < -0.4 is 5.73 Å². The van der Waals surface area contributed by atoms with E-state index in [9.17, 15) is 9.90 Å². The van der Waals surface area contributed by atoms with E-state index in [-0.39, 0.29) is 5.78 Å². The molecule has 152 valence electrons. The van der Waals surface area contributed by atoms with Crippen LogP contribution in [0.4, 0.5) is 0 Å². The Balaban J connectivity index is 1.83. The zero-order valence-corrected chi connectivity index (χ0v) is 16.5. The number of hydrogen-bond acceptors (Lipinski definition) is 5. The first-order chi connectivity index (χ1) is 14.6. The van der Waals surface area contributed by atoms with Gasteiger partial charge in [0.25, 0.3) is 0 Å². The van der Waals surface area contributed by atoms with Crippen LogP contribution in [0.1, 0.15) is 33.1 Å². The van der Waals surface area contributed by atoms with Gasteiger partial charge in [-0.25, -0.2) is 0 Å². The van der Waals surface area contributed by atoms with Gasteiger partial charge in [0.15, 0.2) is 5.78 Å². The highest BCUT2D eigenvalue weighted by atomic mass is 16.3. The smallest absolute Gasteiger partial charge is 0.185 e. The number of H-pyrrole nitrogens is 2. The van der Waals surface area contributed by atoms with Gasteiger partial charge in [-0.1, -0.05) is 0 Å². The fraction of sp³-hybridized carbons (Fsp3) is 0.261. The average molecular weight is 401 g/mol. The summed E-state index contributed by atoms with van der Waals surface area (Å²) in [7, 11) is 0. The van der Waals surface area contributed by atoms with Gasteiger partial charge in [0.05, 0.1) is 29.4 Å². The molecule has 0 fully saturated rings. The van der Waals surface area contributed by atoms with Crippen LogP contribution in [0.15, 0.2) is 42.5 Å². The number of nitrogens with one attached hydrogen (secondary N) is 2. The molecule has 0 aromatic carbocycles. The van der Waals surface area contributed by atoms with Crippen LogP contribution in [0.25, 0.3) is 22.1 Å². The molecule has 0 amide bonds. The van der Waals surface area contributed by atoms with Crippen molar-refractivity contribution in [3.8, 4) is 0 Å². The molecule has 0 radical (unpaired) electrons. The number of carbonyl (C=O) groups excluding carboxylic acids is 1. The summed E-state index contributed by atoms with van der Waals surface area (Å²) in [5.74, 6) is -0.308. The van der Waals surface area contributed by atoms with Gasteiger partial charge in [-0.2, -0.15) is 0 Å². The summed E-state index contributed by atoms with van der Waals surface area (Å²) < 4.78 is 0. The second-order valence-electron chi connectivity index (χ2n) is 7.80. The molecular weight excluding hydrogens is 378 g/mol. The number of carbonyl (C=O) groups is 1. The van der Waals surface area contributed by atoms with Crippen molar-refractivity contribution in [2.45, 2.75) is 31.7 Å². The molecule has 0 saturated carbocycles. The van der Waals surface area contributed by atoms with Gasteiger partial charge in [0, 0.05) is 33.6 Å². The number of aryl methyl sites for hydroxylation is 4. The Labute approximate surface area is 173 Å². The zero-order valence-electron chi connectivity index (χ0n) is 16.5. The maximum absolute atomic E-state index is 13.0. The Morgan fingerprint density at radius 1 is 0.900 bits per heavy atom. The molecule has 0 saturated heterocycles. The van der Waals surface area contributed by atoms with Crippen molar-refractivity contribution in [1.29, 1.82) is 0 Å². The minimum Gasteiger partial charge on any atom is -0.394 e. The van der Waals surface area contributed by atoms with Crippen LogP contribution in [-0.4, -0.2) is 43.5 Å².